The molecule has 0 heterocycles. The van der Waals surface area contributed by atoms with E-state index >= 15 is 0 Å². The number of benzene rings is 1. The fraction of sp³-hybridized carbons (Fsp3) is 0.500. The summed E-state index contributed by atoms with van der Waals surface area (Å²) in [4.78, 5) is 10.4. The SMILES string of the molecule is COC(C)Cc1cccc(CCCC(=O)O)c1. The van der Waals surface area contributed by atoms with E-state index in [0.717, 1.165) is 12.8 Å². The van der Waals surface area contributed by atoms with Gasteiger partial charge >= 0.3 is 5.97 Å². The van der Waals surface area contributed by atoms with Crippen LogP contribution in [-0.4, -0.2) is 24.3 Å². The van der Waals surface area contributed by atoms with E-state index in [2.05, 4.69) is 12.1 Å². The van der Waals surface area contributed by atoms with Crippen molar-refractivity contribution in [2.45, 2.75) is 38.7 Å². The van der Waals surface area contributed by atoms with E-state index in [9.17, 15) is 4.79 Å². The summed E-state index contributed by atoms with van der Waals surface area (Å²) >= 11 is 0. The van der Waals surface area contributed by atoms with Crippen molar-refractivity contribution in [2.75, 3.05) is 7.11 Å². The zero-order chi connectivity index (χ0) is 12.7. The first-order valence-electron chi connectivity index (χ1n) is 5.94. The largest absolute Gasteiger partial charge is 0.481 e. The van der Waals surface area contributed by atoms with Gasteiger partial charge in [-0.2, -0.15) is 0 Å². The molecule has 1 aromatic rings. The van der Waals surface area contributed by atoms with E-state index in [1.54, 1.807) is 7.11 Å². The van der Waals surface area contributed by atoms with E-state index in [4.69, 9.17) is 9.84 Å². The number of carboxylic acid groups (broad SMARTS) is 1. The fourth-order valence-corrected chi connectivity index (χ4v) is 1.77. The maximum absolute atomic E-state index is 10.4. The van der Waals surface area contributed by atoms with Crippen LogP contribution in [-0.2, 0) is 22.4 Å². The van der Waals surface area contributed by atoms with Gasteiger partial charge in [-0.1, -0.05) is 24.3 Å². The van der Waals surface area contributed by atoms with Crippen LogP contribution in [0.15, 0.2) is 24.3 Å². The average Bonchev–Trinajstić information content (AvgIpc) is 2.29. The number of aliphatic carboxylic acids is 1. The molecule has 1 atom stereocenters. The van der Waals surface area contributed by atoms with Gasteiger partial charge in [0.2, 0.25) is 0 Å². The minimum Gasteiger partial charge on any atom is -0.481 e. The van der Waals surface area contributed by atoms with E-state index < -0.39 is 5.97 Å². The second-order valence-corrected chi connectivity index (χ2v) is 4.32. The molecule has 1 N–H and O–H groups in total. The number of ether oxygens (including phenoxy) is 1. The van der Waals surface area contributed by atoms with Gasteiger partial charge in [-0.15, -0.1) is 0 Å². The molecule has 0 radical (unpaired) electrons. The van der Waals surface area contributed by atoms with Crippen molar-refractivity contribution >= 4 is 5.97 Å². The Kier molecular flexibility index (Phi) is 5.70. The summed E-state index contributed by atoms with van der Waals surface area (Å²) in [5, 5.41) is 8.58. The van der Waals surface area contributed by atoms with E-state index in [-0.39, 0.29) is 12.5 Å². The van der Waals surface area contributed by atoms with Gasteiger partial charge in [-0.05, 0) is 37.3 Å². The lowest BCUT2D eigenvalue weighted by Gasteiger charge is -2.10. The second-order valence-electron chi connectivity index (χ2n) is 4.32. The van der Waals surface area contributed by atoms with Crippen molar-refractivity contribution in [3.05, 3.63) is 35.4 Å². The van der Waals surface area contributed by atoms with Gasteiger partial charge in [0.15, 0.2) is 0 Å². The summed E-state index contributed by atoms with van der Waals surface area (Å²) in [6.45, 7) is 2.04. The predicted octanol–water partition coefficient (Wildman–Crippen LogP) is 2.67. The van der Waals surface area contributed by atoms with E-state index in [0.29, 0.717) is 6.42 Å². The molecule has 1 unspecified atom stereocenters. The quantitative estimate of drug-likeness (QED) is 0.791. The number of carboxylic acids is 1. The van der Waals surface area contributed by atoms with Crippen LogP contribution < -0.4 is 0 Å². The molecule has 0 aliphatic rings. The number of methoxy groups -OCH3 is 1. The Morgan fingerprint density at radius 2 is 2.12 bits per heavy atom. The second kappa shape index (κ2) is 7.07. The van der Waals surface area contributed by atoms with Gasteiger partial charge in [0.05, 0.1) is 6.10 Å². The van der Waals surface area contributed by atoms with Gasteiger partial charge < -0.3 is 9.84 Å². The minimum atomic E-state index is -0.728. The van der Waals surface area contributed by atoms with Crippen molar-refractivity contribution in [3.63, 3.8) is 0 Å². The molecule has 0 amide bonds. The minimum absolute atomic E-state index is 0.212. The molecule has 0 spiro atoms. The third-order valence-electron chi connectivity index (χ3n) is 2.77. The molecule has 0 fully saturated rings. The van der Waals surface area contributed by atoms with Gasteiger partial charge in [0, 0.05) is 13.5 Å². The third-order valence-corrected chi connectivity index (χ3v) is 2.77. The average molecular weight is 236 g/mol. The lowest BCUT2D eigenvalue weighted by molar-refractivity contribution is -0.137. The number of hydrogen-bond donors (Lipinski definition) is 1. The molecule has 3 heteroatoms. The van der Waals surface area contributed by atoms with E-state index in [1.807, 2.05) is 19.1 Å². The Bertz CT molecular complexity index is 360. The maximum Gasteiger partial charge on any atom is 0.303 e. The molecule has 0 saturated heterocycles. The third kappa shape index (κ3) is 5.50. The summed E-state index contributed by atoms with van der Waals surface area (Å²) in [5.74, 6) is -0.728. The van der Waals surface area contributed by atoms with Crippen molar-refractivity contribution in [2.24, 2.45) is 0 Å². The number of aryl methyl sites for hydroxylation is 1. The molecule has 0 aromatic heterocycles. The first-order valence-corrected chi connectivity index (χ1v) is 5.94. The highest BCUT2D eigenvalue weighted by Crippen LogP contribution is 2.11. The van der Waals surface area contributed by atoms with Crippen molar-refractivity contribution in [3.8, 4) is 0 Å². The zero-order valence-electron chi connectivity index (χ0n) is 10.5. The van der Waals surface area contributed by atoms with Crippen molar-refractivity contribution < 1.29 is 14.6 Å². The van der Waals surface area contributed by atoms with Crippen LogP contribution in [0, 0.1) is 0 Å². The van der Waals surface area contributed by atoms with E-state index in [1.165, 1.54) is 11.1 Å². The maximum atomic E-state index is 10.4. The molecule has 0 bridgehead atoms. The Morgan fingerprint density at radius 3 is 2.76 bits per heavy atom. The standard InChI is InChI=1S/C14H20O3/c1-11(17-2)9-13-7-3-5-12(10-13)6-4-8-14(15)16/h3,5,7,10-11H,4,6,8-9H2,1-2H3,(H,15,16). The molecule has 0 saturated carbocycles. The fourth-order valence-electron chi connectivity index (χ4n) is 1.77. The molecular formula is C14H20O3. The van der Waals surface area contributed by atoms with Crippen LogP contribution in [0.2, 0.25) is 0 Å². The number of hydrogen-bond acceptors (Lipinski definition) is 2. The van der Waals surface area contributed by atoms with Crippen LogP contribution >= 0.6 is 0 Å². The zero-order valence-corrected chi connectivity index (χ0v) is 10.5. The topological polar surface area (TPSA) is 46.5 Å². The van der Waals surface area contributed by atoms with Crippen LogP contribution in [0.1, 0.15) is 30.9 Å². The lowest BCUT2D eigenvalue weighted by Crippen LogP contribution is -2.08. The first kappa shape index (κ1) is 13.7. The van der Waals surface area contributed by atoms with Crippen molar-refractivity contribution in [1.82, 2.24) is 0 Å². The summed E-state index contributed by atoms with van der Waals surface area (Å²) in [5.41, 5.74) is 2.44. The highest BCUT2D eigenvalue weighted by atomic mass is 16.5. The van der Waals surface area contributed by atoms with Gasteiger partial charge in [0.25, 0.3) is 0 Å². The molecule has 0 aliphatic heterocycles. The molecule has 94 valence electrons. The highest BCUT2D eigenvalue weighted by molar-refractivity contribution is 5.66. The normalized spacial score (nSPS) is 12.4. The van der Waals surface area contributed by atoms with Gasteiger partial charge in [-0.3, -0.25) is 4.79 Å². The van der Waals surface area contributed by atoms with Crippen LogP contribution in [0.25, 0.3) is 0 Å². The number of rotatable bonds is 7. The van der Waals surface area contributed by atoms with Crippen LogP contribution in [0.4, 0.5) is 0 Å². The first-order chi connectivity index (χ1) is 8.11. The molecular weight excluding hydrogens is 216 g/mol. The van der Waals surface area contributed by atoms with Gasteiger partial charge in [0.1, 0.15) is 0 Å². The Hall–Kier alpha value is -1.35. The predicted molar refractivity (Wildman–Crippen MR) is 67.2 cm³/mol. The van der Waals surface area contributed by atoms with Crippen molar-refractivity contribution in [1.29, 1.82) is 0 Å². The Morgan fingerprint density at radius 1 is 1.41 bits per heavy atom. The molecule has 1 rings (SSSR count). The van der Waals surface area contributed by atoms with Crippen LogP contribution in [0.5, 0.6) is 0 Å². The Balaban J connectivity index is 2.50. The monoisotopic (exact) mass is 236 g/mol. The lowest BCUT2D eigenvalue weighted by atomic mass is 10.0. The summed E-state index contributed by atoms with van der Waals surface area (Å²) in [6, 6.07) is 8.28. The Labute approximate surface area is 102 Å². The number of carbonyl (C=O) groups is 1. The molecule has 17 heavy (non-hydrogen) atoms. The summed E-state index contributed by atoms with van der Waals surface area (Å²) < 4.78 is 5.23. The summed E-state index contributed by atoms with van der Waals surface area (Å²) in [6.07, 6.45) is 2.85. The molecule has 0 aliphatic carbocycles. The molecule has 3 nitrogen and oxygen atoms in total. The van der Waals surface area contributed by atoms with Gasteiger partial charge in [-0.25, -0.2) is 0 Å². The molecule has 1 aromatic carbocycles. The van der Waals surface area contributed by atoms with Crippen LogP contribution in [0.3, 0.4) is 0 Å². The summed E-state index contributed by atoms with van der Waals surface area (Å²) in [7, 11) is 1.71. The smallest absolute Gasteiger partial charge is 0.303 e. The highest BCUT2D eigenvalue weighted by Gasteiger charge is 2.03.